The molecule has 0 bridgehead atoms. The van der Waals surface area contributed by atoms with Crippen molar-refractivity contribution in [3.8, 4) is 0 Å². The largest absolute Gasteiger partial charge is 0.481 e. The minimum Gasteiger partial charge on any atom is -0.481 e. The SMILES string of the molecule is O=C(O)C1CC(=O)N(Cc2ccsc2)C1.[B][B][B][B]. The van der Waals surface area contributed by atoms with Crippen LogP contribution in [0, 0.1) is 5.92 Å². The lowest BCUT2D eigenvalue weighted by molar-refractivity contribution is -0.141. The Hall–Kier alpha value is -1.10. The summed E-state index contributed by atoms with van der Waals surface area (Å²) in [5.41, 5.74) is 1.07. The fourth-order valence-electron chi connectivity index (χ4n) is 1.69. The molecule has 2 heterocycles. The minimum absolute atomic E-state index is 0.0615. The lowest BCUT2D eigenvalue weighted by atomic mass is 9.19. The van der Waals surface area contributed by atoms with Crippen LogP contribution in [0.5, 0.6) is 0 Å². The Morgan fingerprint density at radius 2 is 2.21 bits per heavy atom. The number of aliphatic carboxylic acids is 1. The molecule has 0 aromatic carbocycles. The first kappa shape index (κ1) is 16.0. The second-order valence-electron chi connectivity index (χ2n) is 4.03. The summed E-state index contributed by atoms with van der Waals surface area (Å²) in [6, 6.07) is 1.95. The standard InChI is InChI=1S/C10H11NO3S.B4/c12-9-3-8(10(13)14)5-11(9)4-7-1-2-15-6-7;1-3-4-2/h1-2,6,8H,3-5H2,(H,13,14);. The summed E-state index contributed by atoms with van der Waals surface area (Å²) in [6.07, 6.45) is 0.138. The highest BCUT2D eigenvalue weighted by Gasteiger charge is 2.33. The second-order valence-corrected chi connectivity index (χ2v) is 4.81. The molecule has 1 aromatic rings. The zero-order chi connectivity index (χ0) is 14.3. The summed E-state index contributed by atoms with van der Waals surface area (Å²) in [7, 11) is 12.0. The number of hydrogen-bond acceptors (Lipinski definition) is 3. The van der Waals surface area contributed by atoms with Crippen LogP contribution in [-0.4, -0.2) is 58.0 Å². The highest BCUT2D eigenvalue weighted by Crippen LogP contribution is 2.20. The van der Waals surface area contributed by atoms with E-state index >= 15 is 0 Å². The van der Waals surface area contributed by atoms with Gasteiger partial charge in [-0.25, -0.2) is 0 Å². The lowest BCUT2D eigenvalue weighted by Gasteiger charge is -2.14. The highest BCUT2D eigenvalue weighted by atomic mass is 32.1. The van der Waals surface area contributed by atoms with Crippen LogP contribution in [0.2, 0.25) is 0 Å². The van der Waals surface area contributed by atoms with E-state index in [0.717, 1.165) is 5.56 Å². The summed E-state index contributed by atoms with van der Waals surface area (Å²) in [4.78, 5) is 23.8. The van der Waals surface area contributed by atoms with Crippen molar-refractivity contribution in [3.05, 3.63) is 22.4 Å². The lowest BCUT2D eigenvalue weighted by Crippen LogP contribution is -2.25. The molecule has 1 aliphatic rings. The smallest absolute Gasteiger partial charge is 0.308 e. The Kier molecular flexibility index (Phi) is 6.84. The molecule has 1 amide bonds. The first-order valence-electron chi connectivity index (χ1n) is 5.68. The fourth-order valence-corrected chi connectivity index (χ4v) is 2.35. The number of likely N-dealkylation sites (tertiary alicyclic amines) is 1. The van der Waals surface area contributed by atoms with Gasteiger partial charge in [0.25, 0.3) is 0 Å². The van der Waals surface area contributed by atoms with Gasteiger partial charge in [-0.3, -0.25) is 9.59 Å². The van der Waals surface area contributed by atoms with Crippen LogP contribution in [0.3, 0.4) is 0 Å². The maximum atomic E-state index is 11.5. The maximum absolute atomic E-state index is 11.5. The van der Waals surface area contributed by atoms with Gasteiger partial charge in [0, 0.05) is 49.1 Å². The Balaban J connectivity index is 0.000000399. The van der Waals surface area contributed by atoms with Crippen LogP contribution < -0.4 is 0 Å². The molecule has 0 saturated carbocycles. The van der Waals surface area contributed by atoms with Gasteiger partial charge in [-0.2, -0.15) is 11.3 Å². The molecule has 6 radical (unpaired) electrons. The molecule has 9 heteroatoms. The first-order valence-corrected chi connectivity index (χ1v) is 6.63. The van der Waals surface area contributed by atoms with Crippen molar-refractivity contribution in [1.29, 1.82) is 0 Å². The predicted octanol–water partition coefficient (Wildman–Crippen LogP) is -0.342. The summed E-state index contributed by atoms with van der Waals surface area (Å²) < 4.78 is 0. The molecule has 4 nitrogen and oxygen atoms in total. The molecule has 0 spiro atoms. The molecule has 1 atom stereocenters. The Morgan fingerprint density at radius 3 is 2.63 bits per heavy atom. The number of carbonyl (C=O) groups is 2. The third-order valence-electron chi connectivity index (χ3n) is 2.63. The monoisotopic (exact) mass is 269 g/mol. The molecule has 1 fully saturated rings. The van der Waals surface area contributed by atoms with Gasteiger partial charge >= 0.3 is 5.97 Å². The van der Waals surface area contributed by atoms with E-state index in [1.54, 1.807) is 16.2 Å². The zero-order valence-electron chi connectivity index (χ0n) is 10.4. The first-order chi connectivity index (χ1) is 9.08. The third-order valence-corrected chi connectivity index (χ3v) is 3.36. The zero-order valence-corrected chi connectivity index (χ0v) is 11.2. The van der Waals surface area contributed by atoms with E-state index in [9.17, 15) is 9.59 Å². The van der Waals surface area contributed by atoms with Crippen molar-refractivity contribution in [1.82, 2.24) is 4.90 Å². The second kappa shape index (κ2) is 8.15. The van der Waals surface area contributed by atoms with E-state index in [-0.39, 0.29) is 12.3 Å². The molecule has 92 valence electrons. The topological polar surface area (TPSA) is 57.6 Å². The maximum Gasteiger partial charge on any atom is 0.308 e. The van der Waals surface area contributed by atoms with Crippen LogP contribution in [0.25, 0.3) is 0 Å². The van der Waals surface area contributed by atoms with Gasteiger partial charge in [0.15, 0.2) is 0 Å². The van der Waals surface area contributed by atoms with Gasteiger partial charge < -0.3 is 10.0 Å². The van der Waals surface area contributed by atoms with Crippen LogP contribution in [-0.2, 0) is 16.1 Å². The molecule has 1 aliphatic heterocycles. The number of rotatable bonds is 4. The van der Waals surface area contributed by atoms with E-state index < -0.39 is 11.9 Å². The number of carboxylic acid groups (broad SMARTS) is 1. The average molecular weight is 269 g/mol. The summed E-state index contributed by atoms with van der Waals surface area (Å²) in [6.45, 7) is 0.871. The molecule has 1 saturated heterocycles. The van der Waals surface area contributed by atoms with E-state index in [1.165, 1.54) is 14.1 Å². The number of carbonyl (C=O) groups excluding carboxylic acids is 1. The van der Waals surface area contributed by atoms with Crippen molar-refractivity contribution in [2.45, 2.75) is 13.0 Å². The number of thiophene rings is 1. The van der Waals surface area contributed by atoms with E-state index in [4.69, 9.17) is 20.6 Å². The molecular weight excluding hydrogens is 257 g/mol. The van der Waals surface area contributed by atoms with Gasteiger partial charge in [0.05, 0.1) is 5.92 Å². The van der Waals surface area contributed by atoms with Crippen molar-refractivity contribution in [2.75, 3.05) is 6.54 Å². The highest BCUT2D eigenvalue weighted by molar-refractivity contribution is 7.37. The summed E-state index contributed by atoms with van der Waals surface area (Å²) in [5, 5.41) is 12.7. The average Bonchev–Trinajstić information content (AvgIpc) is 3.01. The number of carboxylic acids is 1. The van der Waals surface area contributed by atoms with Gasteiger partial charge in [0.1, 0.15) is 0 Å². The Labute approximate surface area is 120 Å². The fraction of sp³-hybridized carbons (Fsp3) is 0.400. The van der Waals surface area contributed by atoms with Crippen LogP contribution in [0.1, 0.15) is 12.0 Å². The molecule has 1 aromatic heterocycles. The van der Waals surface area contributed by atoms with Crippen molar-refractivity contribution in [2.24, 2.45) is 5.92 Å². The molecule has 2 rings (SSSR count). The van der Waals surface area contributed by atoms with E-state index in [2.05, 4.69) is 0 Å². The van der Waals surface area contributed by atoms with Gasteiger partial charge in [-0.05, 0) is 22.4 Å². The molecule has 0 aliphatic carbocycles. The summed E-state index contributed by atoms with van der Waals surface area (Å²) in [5.74, 6) is -1.47. The Morgan fingerprint density at radius 1 is 1.53 bits per heavy atom. The van der Waals surface area contributed by atoms with Gasteiger partial charge in [-0.1, -0.05) is 0 Å². The number of hydrogen-bond donors (Lipinski definition) is 1. The number of nitrogens with zero attached hydrogens (tertiary/aromatic N) is 1. The van der Waals surface area contributed by atoms with E-state index in [0.29, 0.717) is 13.1 Å². The van der Waals surface area contributed by atoms with Gasteiger partial charge in [0.2, 0.25) is 5.91 Å². The third kappa shape index (κ3) is 5.18. The van der Waals surface area contributed by atoms with Crippen LogP contribution >= 0.6 is 11.3 Å². The summed E-state index contributed by atoms with van der Waals surface area (Å²) >= 11 is 1.58. The van der Waals surface area contributed by atoms with Crippen LogP contribution in [0.4, 0.5) is 0 Å². The van der Waals surface area contributed by atoms with Crippen molar-refractivity contribution >= 4 is 52.8 Å². The molecule has 1 N–H and O–H groups in total. The molecule has 1 unspecified atom stereocenters. The minimum atomic E-state index is -0.879. The Bertz CT molecular complexity index is 413. The van der Waals surface area contributed by atoms with Crippen molar-refractivity contribution < 1.29 is 14.7 Å². The quantitative estimate of drug-likeness (QED) is 0.760. The molecule has 19 heavy (non-hydrogen) atoms. The van der Waals surface area contributed by atoms with E-state index in [1.807, 2.05) is 16.8 Å². The van der Waals surface area contributed by atoms with Crippen LogP contribution in [0.15, 0.2) is 16.8 Å². The van der Waals surface area contributed by atoms with Gasteiger partial charge in [-0.15, -0.1) is 0 Å². The predicted molar refractivity (Wildman–Crippen MR) is 78.5 cm³/mol. The normalized spacial score (nSPS) is 17.6. The van der Waals surface area contributed by atoms with Crippen molar-refractivity contribution in [3.63, 3.8) is 0 Å². The number of amides is 1. The molecular formula is C10H11B4NO3S.